The van der Waals surface area contributed by atoms with Gasteiger partial charge in [0, 0.05) is 29.0 Å². The zero-order valence-corrected chi connectivity index (χ0v) is 15.8. The molecular weight excluding hydrogens is 366 g/mol. The van der Waals surface area contributed by atoms with Crippen LogP contribution in [-0.4, -0.2) is 15.3 Å². The van der Waals surface area contributed by atoms with Crippen molar-refractivity contribution >= 4 is 38.7 Å². The van der Waals surface area contributed by atoms with Crippen molar-refractivity contribution in [1.82, 2.24) is 9.38 Å². The number of anilines is 1. The molecule has 0 radical (unpaired) electrons. The van der Waals surface area contributed by atoms with Gasteiger partial charge in [0.15, 0.2) is 4.96 Å². The Balaban J connectivity index is 1.31. The largest absolute Gasteiger partial charge is 0.326 e. The van der Waals surface area contributed by atoms with Gasteiger partial charge in [-0.1, -0.05) is 54.6 Å². The lowest BCUT2D eigenvalue weighted by molar-refractivity contribution is -0.115. The van der Waals surface area contributed by atoms with Crippen LogP contribution in [0.15, 0.2) is 84.5 Å². The standard InChI is InChI=1S/C23H17N3OS/c27-22(14-18-6-3-5-16-4-1-2-7-20(16)18)24-19-10-8-17(9-11-19)21-15-26-12-13-28-23(26)25-21/h1-13,15H,14H2,(H,24,27). The molecule has 5 rings (SSSR count). The number of nitrogens with zero attached hydrogens (tertiary/aromatic N) is 2. The van der Waals surface area contributed by atoms with Gasteiger partial charge in [-0.05, 0) is 28.5 Å². The molecule has 1 N–H and O–H groups in total. The summed E-state index contributed by atoms with van der Waals surface area (Å²) in [4.78, 5) is 18.1. The van der Waals surface area contributed by atoms with Crippen molar-refractivity contribution in [3.05, 3.63) is 90.1 Å². The summed E-state index contributed by atoms with van der Waals surface area (Å²) in [5, 5.41) is 7.28. The predicted octanol–water partition coefficient (Wildman–Crippen LogP) is 5.40. The highest BCUT2D eigenvalue weighted by Crippen LogP contribution is 2.23. The molecule has 2 heterocycles. The van der Waals surface area contributed by atoms with Gasteiger partial charge in [-0.15, -0.1) is 11.3 Å². The number of amides is 1. The number of fused-ring (bicyclic) bond motifs is 2. The van der Waals surface area contributed by atoms with Crippen LogP contribution in [0, 0.1) is 0 Å². The van der Waals surface area contributed by atoms with Gasteiger partial charge in [-0.2, -0.15) is 0 Å². The summed E-state index contributed by atoms with van der Waals surface area (Å²) < 4.78 is 2.01. The fourth-order valence-electron chi connectivity index (χ4n) is 3.42. The summed E-state index contributed by atoms with van der Waals surface area (Å²) in [7, 11) is 0. The maximum Gasteiger partial charge on any atom is 0.228 e. The normalized spacial score (nSPS) is 11.1. The molecule has 2 aromatic heterocycles. The molecule has 0 atom stereocenters. The first kappa shape index (κ1) is 16.7. The van der Waals surface area contributed by atoms with Crippen molar-refractivity contribution in [2.75, 3.05) is 5.32 Å². The molecule has 28 heavy (non-hydrogen) atoms. The number of carbonyl (C=O) groups is 1. The monoisotopic (exact) mass is 383 g/mol. The maximum atomic E-state index is 12.5. The summed E-state index contributed by atoms with van der Waals surface area (Å²) in [6, 6.07) is 22.0. The first-order valence-electron chi connectivity index (χ1n) is 9.05. The van der Waals surface area contributed by atoms with E-state index in [1.807, 2.05) is 70.7 Å². The van der Waals surface area contributed by atoms with Gasteiger partial charge in [-0.3, -0.25) is 9.20 Å². The molecule has 0 bridgehead atoms. The number of hydrogen-bond acceptors (Lipinski definition) is 3. The first-order valence-corrected chi connectivity index (χ1v) is 9.93. The summed E-state index contributed by atoms with van der Waals surface area (Å²) in [6.45, 7) is 0. The number of aromatic nitrogens is 2. The van der Waals surface area contributed by atoms with Crippen molar-refractivity contribution in [2.24, 2.45) is 0 Å². The molecular formula is C23H17N3OS. The molecule has 0 fully saturated rings. The lowest BCUT2D eigenvalue weighted by atomic mass is 10.0. The van der Waals surface area contributed by atoms with Crippen LogP contribution >= 0.6 is 11.3 Å². The average Bonchev–Trinajstić information content (AvgIpc) is 3.31. The van der Waals surface area contributed by atoms with Crippen LogP contribution in [0.2, 0.25) is 0 Å². The second kappa shape index (κ2) is 6.94. The van der Waals surface area contributed by atoms with Crippen LogP contribution in [0.25, 0.3) is 27.0 Å². The van der Waals surface area contributed by atoms with E-state index in [2.05, 4.69) is 28.5 Å². The summed E-state index contributed by atoms with van der Waals surface area (Å²) >= 11 is 1.61. The second-order valence-electron chi connectivity index (χ2n) is 6.66. The van der Waals surface area contributed by atoms with Crippen LogP contribution < -0.4 is 5.32 Å². The lowest BCUT2D eigenvalue weighted by Crippen LogP contribution is -2.14. The Morgan fingerprint density at radius 3 is 2.68 bits per heavy atom. The van der Waals surface area contributed by atoms with E-state index in [0.29, 0.717) is 6.42 Å². The van der Waals surface area contributed by atoms with Gasteiger partial charge >= 0.3 is 0 Å². The van der Waals surface area contributed by atoms with Crippen molar-refractivity contribution < 1.29 is 4.79 Å². The van der Waals surface area contributed by atoms with Crippen LogP contribution in [0.3, 0.4) is 0 Å². The smallest absolute Gasteiger partial charge is 0.228 e. The highest BCUT2D eigenvalue weighted by Gasteiger charge is 2.09. The number of hydrogen-bond donors (Lipinski definition) is 1. The maximum absolute atomic E-state index is 12.5. The number of rotatable bonds is 4. The summed E-state index contributed by atoms with van der Waals surface area (Å²) in [5.41, 5.74) is 3.78. The van der Waals surface area contributed by atoms with Crippen LogP contribution in [0.5, 0.6) is 0 Å². The van der Waals surface area contributed by atoms with E-state index in [1.165, 1.54) is 0 Å². The molecule has 136 valence electrons. The Labute approximate surface area is 166 Å². The van der Waals surface area contributed by atoms with E-state index in [4.69, 9.17) is 0 Å². The molecule has 5 aromatic rings. The minimum absolute atomic E-state index is 0.0217. The quantitative estimate of drug-likeness (QED) is 0.452. The van der Waals surface area contributed by atoms with Crippen LogP contribution in [0.4, 0.5) is 5.69 Å². The van der Waals surface area contributed by atoms with Gasteiger partial charge in [0.05, 0.1) is 12.1 Å². The molecule has 4 nitrogen and oxygen atoms in total. The highest BCUT2D eigenvalue weighted by molar-refractivity contribution is 7.15. The fraction of sp³-hybridized carbons (Fsp3) is 0.0435. The molecule has 0 aliphatic carbocycles. The molecule has 0 spiro atoms. The minimum Gasteiger partial charge on any atom is -0.326 e. The van der Waals surface area contributed by atoms with E-state index in [1.54, 1.807) is 11.3 Å². The van der Waals surface area contributed by atoms with E-state index >= 15 is 0 Å². The Hall–Kier alpha value is -3.44. The molecule has 0 aliphatic rings. The topological polar surface area (TPSA) is 46.4 Å². The third-order valence-corrected chi connectivity index (χ3v) is 5.56. The average molecular weight is 383 g/mol. The van der Waals surface area contributed by atoms with Crippen molar-refractivity contribution in [3.8, 4) is 11.3 Å². The molecule has 5 heteroatoms. The molecule has 3 aromatic carbocycles. The van der Waals surface area contributed by atoms with Gasteiger partial charge in [-0.25, -0.2) is 4.98 Å². The predicted molar refractivity (Wildman–Crippen MR) is 115 cm³/mol. The van der Waals surface area contributed by atoms with Gasteiger partial charge in [0.25, 0.3) is 0 Å². The minimum atomic E-state index is -0.0217. The Morgan fingerprint density at radius 1 is 1.00 bits per heavy atom. The molecule has 0 aliphatic heterocycles. The van der Waals surface area contributed by atoms with Crippen molar-refractivity contribution in [2.45, 2.75) is 6.42 Å². The second-order valence-corrected chi connectivity index (χ2v) is 7.53. The van der Waals surface area contributed by atoms with Gasteiger partial charge < -0.3 is 5.32 Å². The summed E-state index contributed by atoms with van der Waals surface area (Å²) in [5.74, 6) is -0.0217. The number of nitrogens with one attached hydrogen (secondary N) is 1. The van der Waals surface area contributed by atoms with Crippen molar-refractivity contribution in [3.63, 3.8) is 0 Å². The number of thiazole rings is 1. The van der Waals surface area contributed by atoms with E-state index in [-0.39, 0.29) is 5.91 Å². The van der Waals surface area contributed by atoms with Crippen LogP contribution in [-0.2, 0) is 11.2 Å². The van der Waals surface area contributed by atoms with E-state index < -0.39 is 0 Å². The van der Waals surface area contributed by atoms with Crippen LogP contribution in [0.1, 0.15) is 5.56 Å². The Morgan fingerprint density at radius 2 is 1.82 bits per heavy atom. The van der Waals surface area contributed by atoms with Gasteiger partial charge in [0.2, 0.25) is 5.91 Å². The molecule has 0 saturated heterocycles. The summed E-state index contributed by atoms with van der Waals surface area (Å²) in [6.07, 6.45) is 4.36. The zero-order chi connectivity index (χ0) is 18.9. The molecule has 1 amide bonds. The number of benzene rings is 3. The third kappa shape index (κ3) is 3.17. The van der Waals surface area contributed by atoms with Gasteiger partial charge in [0.1, 0.15) is 0 Å². The lowest BCUT2D eigenvalue weighted by Gasteiger charge is -2.08. The third-order valence-electron chi connectivity index (χ3n) is 4.79. The van der Waals surface area contributed by atoms with E-state index in [9.17, 15) is 4.79 Å². The fourth-order valence-corrected chi connectivity index (χ4v) is 4.12. The van der Waals surface area contributed by atoms with Crippen molar-refractivity contribution in [1.29, 1.82) is 0 Å². The SMILES string of the molecule is O=C(Cc1cccc2ccccc12)Nc1ccc(-c2cn3ccsc3n2)cc1. The Kier molecular flexibility index (Phi) is 4.14. The highest BCUT2D eigenvalue weighted by atomic mass is 32.1. The molecule has 0 saturated carbocycles. The van der Waals surface area contributed by atoms with E-state index in [0.717, 1.165) is 38.2 Å². The molecule has 0 unspecified atom stereocenters. The first-order chi connectivity index (χ1) is 13.8. The zero-order valence-electron chi connectivity index (χ0n) is 15.0. The number of carbonyl (C=O) groups excluding carboxylic acids is 1. The number of imidazole rings is 1. The Bertz CT molecular complexity index is 1250.